The number of thiazole rings is 1. The summed E-state index contributed by atoms with van der Waals surface area (Å²) in [7, 11) is 0. The number of aryl methyl sites for hydroxylation is 1. The zero-order valence-electron chi connectivity index (χ0n) is 12.0. The lowest BCUT2D eigenvalue weighted by Crippen LogP contribution is -2.24. The van der Waals surface area contributed by atoms with E-state index in [1.807, 2.05) is 37.3 Å². The largest absolute Gasteiger partial charge is 0.301 e. The van der Waals surface area contributed by atoms with Crippen LogP contribution in [0.25, 0.3) is 10.2 Å². The van der Waals surface area contributed by atoms with Gasteiger partial charge in [-0.05, 0) is 36.6 Å². The van der Waals surface area contributed by atoms with E-state index in [1.54, 1.807) is 11.8 Å². The summed E-state index contributed by atoms with van der Waals surface area (Å²) in [6, 6.07) is 14.3. The predicted octanol–water partition coefficient (Wildman–Crippen LogP) is 4.26. The van der Waals surface area contributed by atoms with Gasteiger partial charge in [-0.3, -0.25) is 4.79 Å². The van der Waals surface area contributed by atoms with Gasteiger partial charge in [0, 0.05) is 4.90 Å². The van der Waals surface area contributed by atoms with Crippen LogP contribution in [0.15, 0.2) is 47.4 Å². The lowest BCUT2D eigenvalue weighted by atomic mass is 10.1. The summed E-state index contributed by atoms with van der Waals surface area (Å²) in [5.41, 5.74) is 3.37. The van der Waals surface area contributed by atoms with Gasteiger partial charge in [0.1, 0.15) is 0 Å². The Labute approximate surface area is 136 Å². The number of carbonyl (C=O) groups is 1. The van der Waals surface area contributed by atoms with Gasteiger partial charge in [0.05, 0.1) is 15.5 Å². The fourth-order valence-electron chi connectivity index (χ4n) is 2.65. The lowest BCUT2D eigenvalue weighted by Gasteiger charge is -2.07. The Bertz CT molecular complexity index is 847. The maximum atomic E-state index is 12.5. The number of carbonyl (C=O) groups excluding carboxylic acids is 1. The summed E-state index contributed by atoms with van der Waals surface area (Å²) in [4.78, 5) is 18.2. The minimum atomic E-state index is -0.0643. The maximum absolute atomic E-state index is 12.5. The second kappa shape index (κ2) is 5.41. The predicted molar refractivity (Wildman–Crippen MR) is 92.8 cm³/mol. The van der Waals surface area contributed by atoms with Gasteiger partial charge in [-0.1, -0.05) is 41.7 Å². The number of rotatable bonds is 2. The summed E-state index contributed by atoms with van der Waals surface area (Å²) in [6.07, 6.45) is 0.788. The molecule has 0 spiro atoms. The normalized spacial score (nSPS) is 16.7. The molecule has 0 saturated heterocycles. The smallest absolute Gasteiger partial charge is 0.239 e. The molecule has 1 N–H and O–H groups in total. The Balaban J connectivity index is 1.54. The van der Waals surface area contributed by atoms with Gasteiger partial charge < -0.3 is 5.32 Å². The fraction of sp³-hybridized carbons (Fsp3) is 0.176. The van der Waals surface area contributed by atoms with E-state index in [0.717, 1.165) is 22.2 Å². The Morgan fingerprint density at radius 2 is 2.09 bits per heavy atom. The Morgan fingerprint density at radius 1 is 1.23 bits per heavy atom. The summed E-state index contributed by atoms with van der Waals surface area (Å²) in [5.74, 6) is 0.0397. The molecule has 0 radical (unpaired) electrons. The Hall–Kier alpha value is -1.85. The van der Waals surface area contributed by atoms with Crippen molar-refractivity contribution >= 4 is 44.4 Å². The standard InChI is InChI=1S/C17H14N2OS2/c1-10-5-4-8-13-15(10)18-17(22-13)19-16(20)14-9-11-6-2-3-7-12(11)21-14/h2-8,14H,9H2,1H3,(H,18,19,20)/t14-/m0/s1. The van der Waals surface area contributed by atoms with Crippen molar-refractivity contribution in [1.29, 1.82) is 0 Å². The number of anilines is 1. The van der Waals surface area contributed by atoms with Crippen molar-refractivity contribution in [1.82, 2.24) is 4.98 Å². The minimum absolute atomic E-state index is 0.0397. The van der Waals surface area contributed by atoms with Gasteiger partial charge >= 0.3 is 0 Å². The molecule has 2 heterocycles. The first-order chi connectivity index (χ1) is 10.7. The molecule has 3 nitrogen and oxygen atoms in total. The van der Waals surface area contributed by atoms with Crippen LogP contribution >= 0.6 is 23.1 Å². The third-order valence-electron chi connectivity index (χ3n) is 3.79. The zero-order chi connectivity index (χ0) is 15.1. The van der Waals surface area contributed by atoms with E-state index < -0.39 is 0 Å². The van der Waals surface area contributed by atoms with Crippen molar-refractivity contribution in [2.75, 3.05) is 5.32 Å². The van der Waals surface area contributed by atoms with Crippen LogP contribution in [0.1, 0.15) is 11.1 Å². The average Bonchev–Trinajstić information content (AvgIpc) is 3.11. The molecule has 0 unspecified atom stereocenters. The van der Waals surface area contributed by atoms with E-state index in [4.69, 9.17) is 0 Å². The number of hydrogen-bond donors (Lipinski definition) is 1. The van der Waals surface area contributed by atoms with Crippen molar-refractivity contribution in [3.8, 4) is 0 Å². The SMILES string of the molecule is Cc1cccc2sc(NC(=O)[C@@H]3Cc4ccccc4S3)nc12. The first-order valence-corrected chi connectivity index (χ1v) is 8.82. The maximum Gasteiger partial charge on any atom is 0.239 e. The number of aromatic nitrogens is 1. The molecule has 5 heteroatoms. The number of nitrogens with zero attached hydrogens (tertiary/aromatic N) is 1. The van der Waals surface area contributed by atoms with Gasteiger partial charge in [-0.15, -0.1) is 11.8 Å². The Morgan fingerprint density at radius 3 is 2.91 bits per heavy atom. The molecule has 0 fully saturated rings. The average molecular weight is 326 g/mol. The van der Waals surface area contributed by atoms with E-state index in [9.17, 15) is 4.79 Å². The number of thioether (sulfide) groups is 1. The lowest BCUT2D eigenvalue weighted by molar-refractivity contribution is -0.115. The van der Waals surface area contributed by atoms with E-state index in [2.05, 4.69) is 22.4 Å². The second-order valence-corrected chi connectivity index (χ2v) is 7.62. The molecule has 4 rings (SSSR count). The van der Waals surface area contributed by atoms with Gasteiger partial charge in [-0.25, -0.2) is 4.98 Å². The molecule has 1 atom stereocenters. The first-order valence-electron chi connectivity index (χ1n) is 7.12. The topological polar surface area (TPSA) is 42.0 Å². The highest BCUT2D eigenvalue weighted by atomic mass is 32.2. The fourth-order valence-corrected chi connectivity index (χ4v) is 4.80. The molecule has 22 heavy (non-hydrogen) atoms. The first kappa shape index (κ1) is 13.8. The van der Waals surface area contributed by atoms with Crippen molar-refractivity contribution < 1.29 is 4.79 Å². The number of hydrogen-bond acceptors (Lipinski definition) is 4. The molecule has 1 aromatic heterocycles. The van der Waals surface area contributed by atoms with Crippen LogP contribution in [0.5, 0.6) is 0 Å². The highest BCUT2D eigenvalue weighted by molar-refractivity contribution is 8.01. The number of amides is 1. The van der Waals surface area contributed by atoms with Crippen molar-refractivity contribution in [3.05, 3.63) is 53.6 Å². The summed E-state index contributed by atoms with van der Waals surface area (Å²) >= 11 is 3.17. The van der Waals surface area contributed by atoms with Crippen LogP contribution in [0.4, 0.5) is 5.13 Å². The molecule has 1 aliphatic heterocycles. The van der Waals surface area contributed by atoms with E-state index in [1.165, 1.54) is 21.8 Å². The van der Waals surface area contributed by atoms with Crippen LogP contribution in [0, 0.1) is 6.92 Å². The van der Waals surface area contributed by atoms with Crippen LogP contribution < -0.4 is 5.32 Å². The van der Waals surface area contributed by atoms with Gasteiger partial charge in [0.2, 0.25) is 5.91 Å². The van der Waals surface area contributed by atoms with Crippen LogP contribution in [-0.2, 0) is 11.2 Å². The van der Waals surface area contributed by atoms with Crippen molar-refractivity contribution in [3.63, 3.8) is 0 Å². The molecule has 1 aliphatic rings. The Kier molecular flexibility index (Phi) is 3.39. The van der Waals surface area contributed by atoms with E-state index >= 15 is 0 Å². The third-order valence-corrected chi connectivity index (χ3v) is 6.04. The summed E-state index contributed by atoms with van der Waals surface area (Å²) < 4.78 is 1.11. The monoisotopic (exact) mass is 326 g/mol. The summed E-state index contributed by atoms with van der Waals surface area (Å²) in [5, 5.41) is 3.60. The van der Waals surface area contributed by atoms with Gasteiger partial charge in [0.25, 0.3) is 0 Å². The minimum Gasteiger partial charge on any atom is -0.301 e. The zero-order valence-corrected chi connectivity index (χ0v) is 13.6. The number of fused-ring (bicyclic) bond motifs is 2. The van der Waals surface area contributed by atoms with E-state index in [-0.39, 0.29) is 11.2 Å². The summed E-state index contributed by atoms with van der Waals surface area (Å²) in [6.45, 7) is 2.04. The molecule has 2 aromatic carbocycles. The number of benzene rings is 2. The van der Waals surface area contributed by atoms with Crippen LogP contribution in [0.2, 0.25) is 0 Å². The molecular weight excluding hydrogens is 312 g/mol. The number of para-hydroxylation sites is 1. The van der Waals surface area contributed by atoms with Crippen LogP contribution in [0.3, 0.4) is 0 Å². The highest BCUT2D eigenvalue weighted by Crippen LogP contribution is 2.37. The molecule has 110 valence electrons. The molecule has 1 amide bonds. The molecule has 0 aliphatic carbocycles. The van der Waals surface area contributed by atoms with Gasteiger partial charge in [-0.2, -0.15) is 0 Å². The van der Waals surface area contributed by atoms with Gasteiger partial charge in [0.15, 0.2) is 5.13 Å². The quantitative estimate of drug-likeness (QED) is 0.765. The van der Waals surface area contributed by atoms with E-state index in [0.29, 0.717) is 5.13 Å². The molecule has 3 aromatic rings. The molecule has 0 saturated carbocycles. The highest BCUT2D eigenvalue weighted by Gasteiger charge is 2.28. The molecular formula is C17H14N2OS2. The van der Waals surface area contributed by atoms with Crippen molar-refractivity contribution in [2.45, 2.75) is 23.5 Å². The van der Waals surface area contributed by atoms with Crippen molar-refractivity contribution in [2.24, 2.45) is 0 Å². The third kappa shape index (κ3) is 2.40. The number of nitrogens with one attached hydrogen (secondary N) is 1. The van der Waals surface area contributed by atoms with Crippen LogP contribution in [-0.4, -0.2) is 16.1 Å². The molecule has 0 bridgehead atoms. The second-order valence-electron chi connectivity index (χ2n) is 5.35.